The lowest BCUT2D eigenvalue weighted by Crippen LogP contribution is -2.35. The fourth-order valence-corrected chi connectivity index (χ4v) is 2.36. The molecule has 22 heavy (non-hydrogen) atoms. The minimum atomic E-state index is -0.942. The van der Waals surface area contributed by atoms with Gasteiger partial charge in [-0.1, -0.05) is 30.3 Å². The second-order valence-electron chi connectivity index (χ2n) is 4.94. The van der Waals surface area contributed by atoms with Crippen molar-refractivity contribution in [3.8, 4) is 0 Å². The fourth-order valence-electron chi connectivity index (χ4n) is 2.36. The van der Waals surface area contributed by atoms with Crippen molar-refractivity contribution >= 4 is 11.9 Å². The summed E-state index contributed by atoms with van der Waals surface area (Å²) in [5, 5.41) is 1.61. The molecule has 2 atom stereocenters. The molecule has 120 valence electrons. The Bertz CT molecular complexity index is 479. The number of rotatable bonds is 6. The third-order valence-corrected chi connectivity index (χ3v) is 3.34. The van der Waals surface area contributed by atoms with Gasteiger partial charge in [-0.05, 0) is 19.4 Å². The first-order chi connectivity index (χ1) is 10.7. The lowest BCUT2D eigenvalue weighted by atomic mass is 10.0. The topological polar surface area (TPSA) is 65.1 Å². The molecule has 1 aliphatic rings. The van der Waals surface area contributed by atoms with Crippen molar-refractivity contribution in [2.75, 3.05) is 19.8 Å². The predicted octanol–water partition coefficient (Wildman–Crippen LogP) is 1.54. The smallest absolute Gasteiger partial charge is 0.338 e. The highest BCUT2D eigenvalue weighted by atomic mass is 16.7. The van der Waals surface area contributed by atoms with Gasteiger partial charge in [0.15, 0.2) is 6.10 Å². The molecule has 0 saturated carbocycles. The number of hydrogen-bond acceptors (Lipinski definition) is 6. The molecule has 0 aromatic heterocycles. The van der Waals surface area contributed by atoms with Crippen LogP contribution in [0.5, 0.6) is 0 Å². The Morgan fingerprint density at radius 1 is 1.14 bits per heavy atom. The van der Waals surface area contributed by atoms with Gasteiger partial charge in [-0.15, -0.1) is 0 Å². The molecule has 0 N–H and O–H groups in total. The van der Waals surface area contributed by atoms with E-state index >= 15 is 0 Å². The maximum Gasteiger partial charge on any atom is 0.338 e. The van der Waals surface area contributed by atoms with Gasteiger partial charge in [-0.25, -0.2) is 4.79 Å². The largest absolute Gasteiger partial charge is 0.466 e. The van der Waals surface area contributed by atoms with E-state index in [-0.39, 0.29) is 13.2 Å². The zero-order valence-corrected chi connectivity index (χ0v) is 12.9. The van der Waals surface area contributed by atoms with Gasteiger partial charge in [-0.2, -0.15) is 5.06 Å². The van der Waals surface area contributed by atoms with Crippen LogP contribution < -0.4 is 0 Å². The van der Waals surface area contributed by atoms with Crippen LogP contribution in [0.3, 0.4) is 0 Å². The van der Waals surface area contributed by atoms with Crippen LogP contribution in [0.25, 0.3) is 0 Å². The molecule has 1 aromatic carbocycles. The third kappa shape index (κ3) is 4.05. The van der Waals surface area contributed by atoms with E-state index in [1.807, 2.05) is 30.3 Å². The second kappa shape index (κ2) is 7.91. The Balaban J connectivity index is 2.06. The normalized spacial score (nSPS) is 21.5. The molecule has 1 heterocycles. The summed E-state index contributed by atoms with van der Waals surface area (Å²) >= 11 is 0. The monoisotopic (exact) mass is 307 g/mol. The Hall–Kier alpha value is -1.92. The molecule has 1 fully saturated rings. The van der Waals surface area contributed by atoms with Crippen molar-refractivity contribution in [1.82, 2.24) is 5.06 Å². The molecule has 1 saturated heterocycles. The Labute approximate surface area is 129 Å². The molecular weight excluding hydrogens is 286 g/mol. The van der Waals surface area contributed by atoms with E-state index in [1.165, 1.54) is 0 Å². The molecule has 6 nitrogen and oxygen atoms in total. The van der Waals surface area contributed by atoms with Crippen molar-refractivity contribution in [3.63, 3.8) is 0 Å². The number of carbonyl (C=O) groups excluding carboxylic acids is 2. The number of carbonyl (C=O) groups is 2. The first-order valence-corrected chi connectivity index (χ1v) is 7.44. The van der Waals surface area contributed by atoms with Crippen LogP contribution in [-0.2, 0) is 30.4 Å². The maximum atomic E-state index is 12.0. The van der Waals surface area contributed by atoms with E-state index < -0.39 is 24.0 Å². The zero-order chi connectivity index (χ0) is 15.9. The fraction of sp³-hybridized carbons (Fsp3) is 0.500. The van der Waals surface area contributed by atoms with Gasteiger partial charge in [0.25, 0.3) is 0 Å². The number of hydroxylamine groups is 2. The van der Waals surface area contributed by atoms with Gasteiger partial charge >= 0.3 is 11.9 Å². The van der Waals surface area contributed by atoms with Crippen molar-refractivity contribution < 1.29 is 23.9 Å². The van der Waals surface area contributed by atoms with Crippen LogP contribution in [0.4, 0.5) is 0 Å². The van der Waals surface area contributed by atoms with E-state index in [0.717, 1.165) is 5.56 Å². The number of ether oxygens (including phenoxy) is 2. The van der Waals surface area contributed by atoms with Gasteiger partial charge in [0, 0.05) is 13.1 Å². The maximum absolute atomic E-state index is 12.0. The first-order valence-electron chi connectivity index (χ1n) is 7.44. The lowest BCUT2D eigenvalue weighted by molar-refractivity contribution is -0.188. The summed E-state index contributed by atoms with van der Waals surface area (Å²) in [5.41, 5.74) is 1.04. The molecule has 0 amide bonds. The Kier molecular flexibility index (Phi) is 5.91. The van der Waals surface area contributed by atoms with Crippen molar-refractivity contribution in [1.29, 1.82) is 0 Å². The molecule has 0 bridgehead atoms. The quantitative estimate of drug-likeness (QED) is 0.743. The standard InChI is InChI=1S/C16H21NO5/c1-3-20-15(18)13-11-17(10-12-8-6-5-7-9-12)22-14(13)16(19)21-4-2/h5-9,13-14H,3-4,10-11H2,1-2H3/t13-,14-/m0/s1. The van der Waals surface area contributed by atoms with Crippen LogP contribution in [-0.4, -0.2) is 42.9 Å². The summed E-state index contributed by atoms with van der Waals surface area (Å²) in [6.07, 6.45) is -0.942. The van der Waals surface area contributed by atoms with Gasteiger partial charge in [0.2, 0.25) is 0 Å². The third-order valence-electron chi connectivity index (χ3n) is 3.34. The number of hydrogen-bond donors (Lipinski definition) is 0. The van der Waals surface area contributed by atoms with Crippen LogP contribution in [0.15, 0.2) is 30.3 Å². The van der Waals surface area contributed by atoms with Crippen molar-refractivity contribution in [2.45, 2.75) is 26.5 Å². The van der Waals surface area contributed by atoms with Crippen LogP contribution >= 0.6 is 0 Å². The van der Waals surface area contributed by atoms with Crippen LogP contribution in [0.1, 0.15) is 19.4 Å². The highest BCUT2D eigenvalue weighted by molar-refractivity contribution is 5.84. The summed E-state index contributed by atoms with van der Waals surface area (Å²) in [5.74, 6) is -1.63. The van der Waals surface area contributed by atoms with Gasteiger partial charge in [0.1, 0.15) is 5.92 Å². The predicted molar refractivity (Wildman–Crippen MR) is 78.5 cm³/mol. The van der Waals surface area contributed by atoms with Gasteiger partial charge < -0.3 is 9.47 Å². The number of benzene rings is 1. The van der Waals surface area contributed by atoms with E-state index in [9.17, 15) is 9.59 Å². The molecule has 0 aliphatic carbocycles. The summed E-state index contributed by atoms with van der Waals surface area (Å²) < 4.78 is 10.0. The van der Waals surface area contributed by atoms with E-state index in [4.69, 9.17) is 14.3 Å². The SMILES string of the molecule is CCOC(=O)[C@H]1CN(Cc2ccccc2)O[C@@H]1C(=O)OCC. The molecule has 1 aromatic rings. The lowest BCUT2D eigenvalue weighted by Gasteiger charge is -2.15. The molecule has 0 radical (unpaired) electrons. The van der Waals surface area contributed by atoms with Crippen molar-refractivity contribution in [2.24, 2.45) is 5.92 Å². The van der Waals surface area contributed by atoms with Gasteiger partial charge in [0.05, 0.1) is 13.2 Å². The Morgan fingerprint density at radius 2 is 1.77 bits per heavy atom. The highest BCUT2D eigenvalue weighted by Crippen LogP contribution is 2.25. The Morgan fingerprint density at radius 3 is 2.41 bits per heavy atom. The molecule has 6 heteroatoms. The highest BCUT2D eigenvalue weighted by Gasteiger charge is 2.45. The summed E-state index contributed by atoms with van der Waals surface area (Å²) in [7, 11) is 0. The van der Waals surface area contributed by atoms with Crippen LogP contribution in [0.2, 0.25) is 0 Å². The van der Waals surface area contributed by atoms with E-state index in [0.29, 0.717) is 13.1 Å². The minimum absolute atomic E-state index is 0.243. The molecule has 0 spiro atoms. The van der Waals surface area contributed by atoms with E-state index in [2.05, 4.69) is 0 Å². The van der Waals surface area contributed by atoms with E-state index in [1.54, 1.807) is 18.9 Å². The molecule has 1 aliphatic heterocycles. The summed E-state index contributed by atoms with van der Waals surface area (Å²) in [6.45, 7) is 4.75. The van der Waals surface area contributed by atoms with Crippen molar-refractivity contribution in [3.05, 3.63) is 35.9 Å². The molecular formula is C16H21NO5. The molecule has 2 rings (SSSR count). The summed E-state index contributed by atoms with van der Waals surface area (Å²) in [6, 6.07) is 9.70. The van der Waals surface area contributed by atoms with Gasteiger partial charge in [-0.3, -0.25) is 9.63 Å². The van der Waals surface area contributed by atoms with Crippen LogP contribution in [0, 0.1) is 5.92 Å². The summed E-state index contributed by atoms with van der Waals surface area (Å²) in [4.78, 5) is 29.6. The zero-order valence-electron chi connectivity index (χ0n) is 12.9. The second-order valence-corrected chi connectivity index (χ2v) is 4.94. The average Bonchev–Trinajstić information content (AvgIpc) is 2.93. The minimum Gasteiger partial charge on any atom is -0.466 e. The number of esters is 2. The average molecular weight is 307 g/mol. The molecule has 0 unspecified atom stereocenters. The number of nitrogens with zero attached hydrogens (tertiary/aromatic N) is 1. The first kappa shape index (κ1) is 16.5.